The van der Waals surface area contributed by atoms with Gasteiger partial charge in [-0.2, -0.15) is 0 Å². The van der Waals surface area contributed by atoms with Crippen molar-refractivity contribution in [3.63, 3.8) is 0 Å². The Hall–Kier alpha value is -0.0800. The van der Waals surface area contributed by atoms with Gasteiger partial charge in [-0.05, 0) is 25.7 Å². The zero-order valence-electron chi connectivity index (χ0n) is 8.17. The van der Waals surface area contributed by atoms with Crippen molar-refractivity contribution in [2.24, 2.45) is 5.92 Å². The van der Waals surface area contributed by atoms with E-state index in [-0.39, 0.29) is 17.8 Å². The van der Waals surface area contributed by atoms with Gasteiger partial charge in [-0.3, -0.25) is 0 Å². The minimum Gasteiger partial charge on any atom is -0.347 e. The number of ether oxygens (including phenoxy) is 2. The highest BCUT2D eigenvalue weighted by atomic mass is 16.7. The van der Waals surface area contributed by atoms with Crippen LogP contribution in [-0.4, -0.2) is 18.5 Å². The topological polar surface area (TPSA) is 18.5 Å². The Kier molecular flexibility index (Phi) is 3.13. The first-order chi connectivity index (χ1) is 5.63. The Bertz CT molecular complexity index is 139. The SMILES string of the molecule is [CH]C(C)C1COC(CC)(CC)O1. The molecule has 0 aliphatic carbocycles. The smallest absolute Gasteiger partial charge is 0.168 e. The molecule has 2 nitrogen and oxygen atoms in total. The van der Waals surface area contributed by atoms with Gasteiger partial charge in [0.1, 0.15) is 0 Å². The van der Waals surface area contributed by atoms with Gasteiger partial charge in [0, 0.05) is 0 Å². The fourth-order valence-electron chi connectivity index (χ4n) is 1.46. The molecule has 0 aromatic rings. The normalized spacial score (nSPS) is 28.2. The molecule has 70 valence electrons. The van der Waals surface area contributed by atoms with Gasteiger partial charge in [-0.25, -0.2) is 0 Å². The molecule has 0 aromatic carbocycles. The molecule has 12 heavy (non-hydrogen) atoms. The second-order valence-electron chi connectivity index (χ2n) is 3.44. The third-order valence-electron chi connectivity index (χ3n) is 2.54. The van der Waals surface area contributed by atoms with Crippen LogP contribution in [0, 0.1) is 12.8 Å². The number of hydrogen-bond donors (Lipinski definition) is 0. The Morgan fingerprint density at radius 1 is 1.50 bits per heavy atom. The quantitative estimate of drug-likeness (QED) is 0.647. The van der Waals surface area contributed by atoms with E-state index in [0.717, 1.165) is 12.8 Å². The molecule has 1 fully saturated rings. The van der Waals surface area contributed by atoms with Crippen molar-refractivity contribution in [1.29, 1.82) is 0 Å². The van der Waals surface area contributed by atoms with E-state index < -0.39 is 0 Å². The lowest BCUT2D eigenvalue weighted by Gasteiger charge is -2.25. The van der Waals surface area contributed by atoms with Crippen LogP contribution in [0.1, 0.15) is 33.6 Å². The van der Waals surface area contributed by atoms with Crippen molar-refractivity contribution in [2.45, 2.75) is 45.5 Å². The first-order valence-corrected chi connectivity index (χ1v) is 4.71. The Morgan fingerprint density at radius 2 is 2.08 bits per heavy atom. The maximum atomic E-state index is 5.76. The maximum Gasteiger partial charge on any atom is 0.168 e. The molecule has 2 heteroatoms. The van der Waals surface area contributed by atoms with Crippen molar-refractivity contribution in [1.82, 2.24) is 0 Å². The van der Waals surface area contributed by atoms with E-state index in [9.17, 15) is 0 Å². The summed E-state index contributed by atoms with van der Waals surface area (Å²) in [7, 11) is 0. The average molecular weight is 170 g/mol. The molecule has 1 saturated heterocycles. The second kappa shape index (κ2) is 3.75. The summed E-state index contributed by atoms with van der Waals surface area (Å²) in [5.74, 6) is -0.289. The molecule has 2 radical (unpaired) electrons. The minimum absolute atomic E-state index is 0.0602. The maximum absolute atomic E-state index is 5.76. The van der Waals surface area contributed by atoms with E-state index in [4.69, 9.17) is 16.4 Å². The van der Waals surface area contributed by atoms with E-state index in [0.29, 0.717) is 6.61 Å². The summed E-state index contributed by atoms with van der Waals surface area (Å²) >= 11 is 0. The highest BCUT2D eigenvalue weighted by Gasteiger charge is 2.39. The number of rotatable bonds is 3. The molecule has 2 atom stereocenters. The van der Waals surface area contributed by atoms with Gasteiger partial charge in [-0.15, -0.1) is 0 Å². The van der Waals surface area contributed by atoms with E-state index in [1.807, 2.05) is 6.92 Å². The van der Waals surface area contributed by atoms with Crippen LogP contribution < -0.4 is 0 Å². The summed E-state index contributed by atoms with van der Waals surface area (Å²) in [4.78, 5) is 0. The molecule has 0 spiro atoms. The first-order valence-electron chi connectivity index (χ1n) is 4.71. The van der Waals surface area contributed by atoms with Gasteiger partial charge in [0.25, 0.3) is 0 Å². The largest absolute Gasteiger partial charge is 0.347 e. The van der Waals surface area contributed by atoms with Crippen LogP contribution in [0.25, 0.3) is 0 Å². The van der Waals surface area contributed by atoms with E-state index in [1.54, 1.807) is 0 Å². The van der Waals surface area contributed by atoms with Gasteiger partial charge in [0.15, 0.2) is 5.79 Å². The molecule has 0 amide bonds. The molecule has 2 unspecified atom stereocenters. The fraction of sp³-hybridized carbons (Fsp3) is 0.900. The molecular weight excluding hydrogens is 152 g/mol. The van der Waals surface area contributed by atoms with Crippen molar-refractivity contribution in [3.8, 4) is 0 Å². The van der Waals surface area contributed by atoms with Crippen LogP contribution in [0.5, 0.6) is 0 Å². The summed E-state index contributed by atoms with van der Waals surface area (Å²) in [6, 6.07) is 0. The molecule has 0 bridgehead atoms. The summed E-state index contributed by atoms with van der Waals surface area (Å²) in [6.07, 6.45) is 1.87. The molecular formula is C10H18O2. The standard InChI is InChI=1S/C10H18O2/c1-5-10(6-2)11-7-9(12-10)8(3)4/h3,8-9H,5-7H2,1-2,4H3. The van der Waals surface area contributed by atoms with Crippen LogP contribution in [0.4, 0.5) is 0 Å². The highest BCUT2D eigenvalue weighted by Crippen LogP contribution is 2.32. The number of hydrogen-bond acceptors (Lipinski definition) is 2. The zero-order valence-corrected chi connectivity index (χ0v) is 8.17. The van der Waals surface area contributed by atoms with Crippen molar-refractivity contribution in [3.05, 3.63) is 6.92 Å². The predicted molar refractivity (Wildman–Crippen MR) is 47.6 cm³/mol. The Morgan fingerprint density at radius 3 is 2.33 bits per heavy atom. The van der Waals surface area contributed by atoms with Crippen LogP contribution in [0.2, 0.25) is 0 Å². The lowest BCUT2D eigenvalue weighted by atomic mass is 10.1. The zero-order chi connectivity index (χ0) is 9.19. The van der Waals surface area contributed by atoms with E-state index >= 15 is 0 Å². The van der Waals surface area contributed by atoms with Gasteiger partial charge >= 0.3 is 0 Å². The van der Waals surface area contributed by atoms with E-state index in [2.05, 4.69) is 13.8 Å². The molecule has 0 saturated carbocycles. The highest BCUT2D eigenvalue weighted by molar-refractivity contribution is 4.80. The van der Waals surface area contributed by atoms with Gasteiger partial charge in [0.2, 0.25) is 0 Å². The Labute approximate surface area is 75.2 Å². The Balaban J connectivity index is 2.52. The lowest BCUT2D eigenvalue weighted by Crippen LogP contribution is -2.30. The summed E-state index contributed by atoms with van der Waals surface area (Å²) < 4.78 is 11.4. The van der Waals surface area contributed by atoms with Gasteiger partial charge < -0.3 is 9.47 Å². The van der Waals surface area contributed by atoms with Gasteiger partial charge in [0.05, 0.1) is 12.7 Å². The summed E-state index contributed by atoms with van der Waals surface area (Å²) in [5.41, 5.74) is 0. The molecule has 1 aliphatic heterocycles. The first kappa shape index (κ1) is 10.0. The average Bonchev–Trinajstić information content (AvgIpc) is 2.49. The predicted octanol–water partition coefficient (Wildman–Crippen LogP) is 2.27. The van der Waals surface area contributed by atoms with Crippen LogP contribution in [0.15, 0.2) is 0 Å². The summed E-state index contributed by atoms with van der Waals surface area (Å²) in [5, 5.41) is 0. The van der Waals surface area contributed by atoms with Crippen molar-refractivity contribution < 1.29 is 9.47 Å². The van der Waals surface area contributed by atoms with Crippen molar-refractivity contribution >= 4 is 0 Å². The molecule has 1 aliphatic rings. The van der Waals surface area contributed by atoms with E-state index in [1.165, 1.54) is 0 Å². The fourth-order valence-corrected chi connectivity index (χ4v) is 1.46. The third kappa shape index (κ3) is 1.80. The van der Waals surface area contributed by atoms with Crippen molar-refractivity contribution in [2.75, 3.05) is 6.61 Å². The van der Waals surface area contributed by atoms with Gasteiger partial charge in [-0.1, -0.05) is 20.8 Å². The van der Waals surface area contributed by atoms with Crippen LogP contribution >= 0.6 is 0 Å². The molecule has 0 aromatic heterocycles. The monoisotopic (exact) mass is 170 g/mol. The third-order valence-corrected chi connectivity index (χ3v) is 2.54. The van der Waals surface area contributed by atoms with Crippen LogP contribution in [0.3, 0.4) is 0 Å². The molecule has 1 rings (SSSR count). The molecule has 1 heterocycles. The minimum atomic E-state index is -0.349. The summed E-state index contributed by atoms with van der Waals surface area (Å²) in [6.45, 7) is 12.5. The lowest BCUT2D eigenvalue weighted by molar-refractivity contribution is -0.174. The molecule has 0 N–H and O–H groups in total. The van der Waals surface area contributed by atoms with Crippen LogP contribution in [-0.2, 0) is 9.47 Å². The second-order valence-corrected chi connectivity index (χ2v) is 3.44.